The van der Waals surface area contributed by atoms with Crippen molar-refractivity contribution in [1.82, 2.24) is 10.2 Å². The van der Waals surface area contributed by atoms with Crippen LogP contribution >= 0.6 is 11.3 Å². The molecule has 108 valence electrons. The van der Waals surface area contributed by atoms with E-state index in [1.54, 1.807) is 0 Å². The van der Waals surface area contributed by atoms with Crippen LogP contribution in [0.3, 0.4) is 0 Å². The van der Waals surface area contributed by atoms with Gasteiger partial charge in [0.2, 0.25) is 16.9 Å². The van der Waals surface area contributed by atoms with Gasteiger partial charge in [-0.3, -0.25) is 9.59 Å². The summed E-state index contributed by atoms with van der Waals surface area (Å²) in [6.07, 6.45) is 0.935. The van der Waals surface area contributed by atoms with Gasteiger partial charge in [0.1, 0.15) is 5.01 Å². The number of carbonyl (C=O) groups is 2. The second kappa shape index (κ2) is 5.04. The van der Waals surface area contributed by atoms with Crippen LogP contribution in [0.25, 0.3) is 10.6 Å². The molecular formula is C15H15N3O2S. The molecule has 0 spiro atoms. The van der Waals surface area contributed by atoms with Crippen molar-refractivity contribution in [2.24, 2.45) is 5.41 Å². The van der Waals surface area contributed by atoms with Crippen molar-refractivity contribution in [3.8, 4) is 10.6 Å². The van der Waals surface area contributed by atoms with Crippen LogP contribution in [-0.2, 0) is 9.59 Å². The Balaban J connectivity index is 1.95. The first-order valence-corrected chi connectivity index (χ1v) is 7.57. The van der Waals surface area contributed by atoms with Gasteiger partial charge in [0.15, 0.2) is 0 Å². The number of amides is 2. The number of benzene rings is 1. The molecule has 1 fully saturated rings. The first-order valence-electron chi connectivity index (χ1n) is 6.75. The quantitative estimate of drug-likeness (QED) is 0.800. The number of rotatable bonds is 2. The van der Waals surface area contributed by atoms with Crippen molar-refractivity contribution in [3.05, 3.63) is 30.3 Å². The molecule has 2 aromatic rings. The van der Waals surface area contributed by atoms with Gasteiger partial charge in [0.05, 0.1) is 0 Å². The number of anilines is 1. The Labute approximate surface area is 126 Å². The Kier molecular flexibility index (Phi) is 3.33. The molecule has 0 saturated carbocycles. The fraction of sp³-hybridized carbons (Fsp3) is 0.333. The smallest absolute Gasteiger partial charge is 0.241 e. The number of aromatic nitrogens is 2. The van der Waals surface area contributed by atoms with Crippen LogP contribution in [0.5, 0.6) is 0 Å². The topological polar surface area (TPSA) is 63.2 Å². The summed E-state index contributed by atoms with van der Waals surface area (Å²) < 4.78 is 0. The van der Waals surface area contributed by atoms with Crippen LogP contribution in [0.4, 0.5) is 5.13 Å². The van der Waals surface area contributed by atoms with Crippen LogP contribution in [0.1, 0.15) is 26.7 Å². The molecule has 0 atom stereocenters. The van der Waals surface area contributed by atoms with E-state index in [2.05, 4.69) is 10.2 Å². The van der Waals surface area contributed by atoms with Gasteiger partial charge in [-0.15, -0.1) is 10.2 Å². The van der Waals surface area contributed by atoms with Crippen molar-refractivity contribution in [3.63, 3.8) is 0 Å². The fourth-order valence-corrected chi connectivity index (χ4v) is 3.12. The molecule has 0 bridgehead atoms. The zero-order valence-electron chi connectivity index (χ0n) is 11.9. The molecule has 1 aliphatic rings. The molecule has 5 nitrogen and oxygen atoms in total. The molecule has 21 heavy (non-hydrogen) atoms. The fourth-order valence-electron chi connectivity index (χ4n) is 2.25. The highest BCUT2D eigenvalue weighted by Gasteiger charge is 2.42. The van der Waals surface area contributed by atoms with Crippen molar-refractivity contribution in [1.29, 1.82) is 0 Å². The van der Waals surface area contributed by atoms with Gasteiger partial charge in [0.25, 0.3) is 0 Å². The second-order valence-corrected chi connectivity index (χ2v) is 6.63. The molecule has 1 aromatic carbocycles. The average molecular weight is 301 g/mol. The van der Waals surface area contributed by atoms with Gasteiger partial charge in [-0.1, -0.05) is 55.5 Å². The van der Waals surface area contributed by atoms with Crippen molar-refractivity contribution in [2.75, 3.05) is 4.90 Å². The molecule has 2 amide bonds. The summed E-state index contributed by atoms with van der Waals surface area (Å²) in [6, 6.07) is 9.60. The standard InChI is InChI=1S/C15H15N3O2S/c1-15(2)9-8-11(19)18(13(15)20)14-17-16-12(21-14)10-6-4-3-5-7-10/h3-7H,8-9H2,1-2H3. The summed E-state index contributed by atoms with van der Waals surface area (Å²) in [7, 11) is 0. The third-order valence-corrected chi connectivity index (χ3v) is 4.58. The van der Waals surface area contributed by atoms with Crippen LogP contribution < -0.4 is 4.90 Å². The number of piperidine rings is 1. The molecular weight excluding hydrogens is 286 g/mol. The summed E-state index contributed by atoms with van der Waals surface area (Å²) in [6.45, 7) is 3.71. The Hall–Kier alpha value is -2.08. The highest BCUT2D eigenvalue weighted by Crippen LogP contribution is 2.36. The van der Waals surface area contributed by atoms with Crippen LogP contribution in [0.15, 0.2) is 30.3 Å². The van der Waals surface area contributed by atoms with Crippen LogP contribution in [0.2, 0.25) is 0 Å². The average Bonchev–Trinajstić information content (AvgIpc) is 2.95. The molecule has 1 aliphatic heterocycles. The van der Waals surface area contributed by atoms with E-state index in [1.807, 2.05) is 44.2 Å². The summed E-state index contributed by atoms with van der Waals surface area (Å²) in [4.78, 5) is 25.7. The minimum absolute atomic E-state index is 0.199. The van der Waals surface area contributed by atoms with E-state index in [1.165, 1.54) is 16.2 Å². The van der Waals surface area contributed by atoms with Gasteiger partial charge < -0.3 is 0 Å². The molecule has 0 radical (unpaired) electrons. The first kappa shape index (κ1) is 13.9. The number of nitrogens with zero attached hydrogens (tertiary/aromatic N) is 3. The van der Waals surface area contributed by atoms with Gasteiger partial charge in [0, 0.05) is 17.4 Å². The highest BCUT2D eigenvalue weighted by atomic mass is 32.1. The van der Waals surface area contributed by atoms with E-state index in [-0.39, 0.29) is 11.8 Å². The number of hydrogen-bond donors (Lipinski definition) is 0. The first-order chi connectivity index (χ1) is 9.99. The maximum Gasteiger partial charge on any atom is 0.241 e. The zero-order chi connectivity index (χ0) is 15.0. The summed E-state index contributed by atoms with van der Waals surface area (Å²) in [5.41, 5.74) is 0.393. The molecule has 0 unspecified atom stereocenters. The highest BCUT2D eigenvalue weighted by molar-refractivity contribution is 7.18. The van der Waals surface area contributed by atoms with E-state index >= 15 is 0 Å². The minimum Gasteiger partial charge on any atom is -0.274 e. The molecule has 2 heterocycles. The largest absolute Gasteiger partial charge is 0.274 e. The summed E-state index contributed by atoms with van der Waals surface area (Å²) in [5, 5.41) is 9.20. The predicted octanol–water partition coefficient (Wildman–Crippen LogP) is 2.88. The van der Waals surface area contributed by atoms with Gasteiger partial charge in [-0.25, -0.2) is 4.90 Å². The number of hydrogen-bond acceptors (Lipinski definition) is 5. The maximum atomic E-state index is 12.4. The van der Waals surface area contributed by atoms with Gasteiger partial charge in [-0.05, 0) is 6.42 Å². The number of carbonyl (C=O) groups excluding carboxylic acids is 2. The Morgan fingerprint density at radius 3 is 2.57 bits per heavy atom. The lowest BCUT2D eigenvalue weighted by molar-refractivity contribution is -0.136. The van der Waals surface area contributed by atoms with E-state index in [9.17, 15) is 9.59 Å². The maximum absolute atomic E-state index is 12.4. The Morgan fingerprint density at radius 2 is 1.86 bits per heavy atom. The lowest BCUT2D eigenvalue weighted by atomic mass is 9.83. The molecule has 6 heteroatoms. The molecule has 1 aromatic heterocycles. The van der Waals surface area contributed by atoms with E-state index < -0.39 is 5.41 Å². The normalized spacial score (nSPS) is 18.1. The lowest BCUT2D eigenvalue weighted by Crippen LogP contribution is -2.49. The third kappa shape index (κ3) is 2.47. The lowest BCUT2D eigenvalue weighted by Gasteiger charge is -2.33. The predicted molar refractivity (Wildman–Crippen MR) is 80.9 cm³/mol. The third-order valence-electron chi connectivity index (χ3n) is 3.62. The van der Waals surface area contributed by atoms with E-state index in [4.69, 9.17) is 0 Å². The van der Waals surface area contributed by atoms with Crippen molar-refractivity contribution < 1.29 is 9.59 Å². The Morgan fingerprint density at radius 1 is 1.14 bits per heavy atom. The summed E-state index contributed by atoms with van der Waals surface area (Å²) in [5.74, 6) is -0.399. The van der Waals surface area contributed by atoms with E-state index in [0.29, 0.717) is 23.0 Å². The Bertz CT molecular complexity index is 694. The molecule has 1 saturated heterocycles. The number of imide groups is 1. The molecule has 0 N–H and O–H groups in total. The second-order valence-electron chi connectivity index (χ2n) is 5.67. The van der Waals surface area contributed by atoms with Crippen LogP contribution in [-0.4, -0.2) is 22.0 Å². The molecule has 0 aliphatic carbocycles. The van der Waals surface area contributed by atoms with Crippen molar-refractivity contribution >= 4 is 28.3 Å². The molecule has 3 rings (SSSR count). The SMILES string of the molecule is CC1(C)CCC(=O)N(c2nnc(-c3ccccc3)s2)C1=O. The van der Waals surface area contributed by atoms with Gasteiger partial charge in [-0.2, -0.15) is 0 Å². The van der Waals surface area contributed by atoms with Gasteiger partial charge >= 0.3 is 0 Å². The van der Waals surface area contributed by atoms with E-state index in [0.717, 1.165) is 5.56 Å². The summed E-state index contributed by atoms with van der Waals surface area (Å²) >= 11 is 1.26. The minimum atomic E-state index is -0.535. The van der Waals surface area contributed by atoms with Crippen molar-refractivity contribution in [2.45, 2.75) is 26.7 Å². The monoisotopic (exact) mass is 301 g/mol. The van der Waals surface area contributed by atoms with Crippen LogP contribution in [0, 0.1) is 5.41 Å². The zero-order valence-corrected chi connectivity index (χ0v) is 12.7.